The van der Waals surface area contributed by atoms with Gasteiger partial charge in [-0.3, -0.25) is 9.59 Å². The minimum absolute atomic E-state index is 0.0455. The lowest BCUT2D eigenvalue weighted by atomic mass is 10.1. The Labute approximate surface area is 159 Å². The minimum Gasteiger partial charge on any atom is -0.467 e. The molecule has 1 unspecified atom stereocenters. The van der Waals surface area contributed by atoms with Gasteiger partial charge in [-0.05, 0) is 36.2 Å². The van der Waals surface area contributed by atoms with E-state index >= 15 is 0 Å². The van der Waals surface area contributed by atoms with Gasteiger partial charge >= 0.3 is 0 Å². The fraction of sp³-hybridized carbons (Fsp3) is 0.381. The first-order valence-electron chi connectivity index (χ1n) is 9.19. The molecule has 0 aliphatic carbocycles. The monoisotopic (exact) mass is 365 g/mol. The van der Waals surface area contributed by atoms with Gasteiger partial charge in [-0.15, -0.1) is 0 Å². The zero-order valence-corrected chi connectivity index (χ0v) is 15.4. The van der Waals surface area contributed by atoms with E-state index in [1.807, 2.05) is 24.3 Å². The number of carbonyl (C=O) groups excluding carboxylic acids is 2. The second-order valence-corrected chi connectivity index (χ2v) is 6.67. The Morgan fingerprint density at radius 2 is 2.11 bits per heavy atom. The summed E-state index contributed by atoms with van der Waals surface area (Å²) in [7, 11) is 0. The van der Waals surface area contributed by atoms with E-state index in [1.165, 1.54) is 5.56 Å². The molecule has 2 aromatic rings. The van der Waals surface area contributed by atoms with Gasteiger partial charge in [0.2, 0.25) is 11.8 Å². The number of aryl methyl sites for hydroxylation is 1. The highest BCUT2D eigenvalue weighted by molar-refractivity contribution is 6.00. The third-order valence-electron chi connectivity index (χ3n) is 4.86. The van der Waals surface area contributed by atoms with Crippen LogP contribution in [0.2, 0.25) is 0 Å². The molecule has 0 radical (unpaired) electrons. The van der Waals surface area contributed by atoms with Crippen molar-refractivity contribution in [1.29, 1.82) is 5.26 Å². The van der Waals surface area contributed by atoms with Gasteiger partial charge in [-0.1, -0.05) is 19.1 Å². The summed E-state index contributed by atoms with van der Waals surface area (Å²) >= 11 is 0. The van der Waals surface area contributed by atoms with Gasteiger partial charge in [-0.25, -0.2) is 0 Å². The van der Waals surface area contributed by atoms with Crippen molar-refractivity contribution in [2.45, 2.75) is 32.7 Å². The molecule has 0 spiro atoms. The number of rotatable bonds is 7. The smallest absolute Gasteiger partial charge is 0.228 e. The molecule has 1 aliphatic heterocycles. The number of benzene rings is 1. The number of anilines is 1. The summed E-state index contributed by atoms with van der Waals surface area (Å²) < 4.78 is 5.34. The second-order valence-electron chi connectivity index (χ2n) is 6.67. The van der Waals surface area contributed by atoms with E-state index < -0.39 is 5.92 Å². The van der Waals surface area contributed by atoms with Crippen molar-refractivity contribution in [3.63, 3.8) is 0 Å². The first-order chi connectivity index (χ1) is 13.1. The molecule has 27 heavy (non-hydrogen) atoms. The number of furan rings is 1. The van der Waals surface area contributed by atoms with Crippen LogP contribution in [0.4, 0.5) is 5.69 Å². The van der Waals surface area contributed by atoms with Gasteiger partial charge in [0.15, 0.2) is 0 Å². The summed E-state index contributed by atoms with van der Waals surface area (Å²) in [6, 6.07) is 13.5. The van der Waals surface area contributed by atoms with Crippen molar-refractivity contribution < 1.29 is 14.0 Å². The summed E-state index contributed by atoms with van der Waals surface area (Å²) in [5.41, 5.74) is 2.03. The van der Waals surface area contributed by atoms with Gasteiger partial charge in [0.05, 0.1) is 31.2 Å². The van der Waals surface area contributed by atoms with E-state index in [0.717, 1.165) is 12.1 Å². The first-order valence-corrected chi connectivity index (χ1v) is 9.19. The van der Waals surface area contributed by atoms with Gasteiger partial charge < -0.3 is 14.2 Å². The summed E-state index contributed by atoms with van der Waals surface area (Å²) in [6.45, 7) is 3.08. The average molecular weight is 365 g/mol. The van der Waals surface area contributed by atoms with Crippen LogP contribution in [0, 0.1) is 17.2 Å². The second kappa shape index (κ2) is 8.54. The van der Waals surface area contributed by atoms with Crippen LogP contribution in [0.3, 0.4) is 0 Å². The van der Waals surface area contributed by atoms with E-state index in [4.69, 9.17) is 9.68 Å². The van der Waals surface area contributed by atoms with Crippen molar-refractivity contribution in [1.82, 2.24) is 4.90 Å². The SMILES string of the molecule is CCc1ccc(N2CC(C(=O)N(CCC#N)Cc3ccco3)CC2=O)cc1. The van der Waals surface area contributed by atoms with E-state index in [-0.39, 0.29) is 24.7 Å². The topological polar surface area (TPSA) is 77.6 Å². The molecule has 140 valence electrons. The van der Waals surface area contributed by atoms with Crippen LogP contribution >= 0.6 is 0 Å². The van der Waals surface area contributed by atoms with Crippen LogP contribution in [0.1, 0.15) is 31.1 Å². The molecule has 3 rings (SSSR count). The zero-order valence-electron chi connectivity index (χ0n) is 15.4. The van der Waals surface area contributed by atoms with Gasteiger partial charge in [0.25, 0.3) is 0 Å². The maximum atomic E-state index is 13.0. The van der Waals surface area contributed by atoms with Crippen molar-refractivity contribution in [2.75, 3.05) is 18.0 Å². The van der Waals surface area contributed by atoms with Gasteiger partial charge in [0.1, 0.15) is 5.76 Å². The molecule has 1 aromatic carbocycles. The highest BCUT2D eigenvalue weighted by Crippen LogP contribution is 2.27. The van der Waals surface area contributed by atoms with E-state index in [1.54, 1.807) is 28.2 Å². The van der Waals surface area contributed by atoms with Crippen LogP contribution in [0.25, 0.3) is 0 Å². The zero-order chi connectivity index (χ0) is 19.2. The van der Waals surface area contributed by atoms with Crippen molar-refractivity contribution in [2.24, 2.45) is 5.92 Å². The third kappa shape index (κ3) is 4.37. The van der Waals surface area contributed by atoms with E-state index in [2.05, 4.69) is 13.0 Å². The van der Waals surface area contributed by atoms with Crippen LogP contribution in [-0.2, 0) is 22.6 Å². The molecule has 6 heteroatoms. The Bertz CT molecular complexity index is 821. The number of nitriles is 1. The molecule has 1 atom stereocenters. The molecular weight excluding hydrogens is 342 g/mol. The standard InChI is InChI=1S/C21H23N3O3/c1-2-16-6-8-18(9-7-16)24-14-17(13-20(24)25)21(26)23(11-4-10-22)15-19-5-3-12-27-19/h3,5-9,12,17H,2,4,11,13-15H2,1H3. The van der Waals surface area contributed by atoms with Gasteiger partial charge in [0, 0.05) is 25.2 Å². The van der Waals surface area contributed by atoms with Gasteiger partial charge in [-0.2, -0.15) is 5.26 Å². The summed E-state index contributed by atoms with van der Waals surface area (Å²) in [5.74, 6) is 0.105. The largest absolute Gasteiger partial charge is 0.467 e. The quantitative estimate of drug-likeness (QED) is 0.755. The normalized spacial score (nSPS) is 16.4. The summed E-state index contributed by atoms with van der Waals surface area (Å²) in [6.07, 6.45) is 2.93. The highest BCUT2D eigenvalue weighted by Gasteiger charge is 2.37. The lowest BCUT2D eigenvalue weighted by Gasteiger charge is -2.24. The first kappa shape index (κ1) is 18.7. The van der Waals surface area contributed by atoms with E-state index in [9.17, 15) is 9.59 Å². The molecule has 1 aromatic heterocycles. The fourth-order valence-electron chi connectivity index (χ4n) is 3.34. The number of hydrogen-bond donors (Lipinski definition) is 0. The summed E-state index contributed by atoms with van der Waals surface area (Å²) in [5, 5.41) is 8.89. The molecule has 2 amide bonds. The lowest BCUT2D eigenvalue weighted by molar-refractivity contribution is -0.136. The Morgan fingerprint density at radius 3 is 2.74 bits per heavy atom. The Hall–Kier alpha value is -3.07. The Morgan fingerprint density at radius 1 is 1.33 bits per heavy atom. The maximum Gasteiger partial charge on any atom is 0.228 e. The van der Waals surface area contributed by atoms with Crippen LogP contribution < -0.4 is 4.90 Å². The number of nitrogens with zero attached hydrogens (tertiary/aromatic N) is 3. The number of hydrogen-bond acceptors (Lipinski definition) is 4. The van der Waals surface area contributed by atoms with Crippen molar-refractivity contribution in [3.05, 3.63) is 54.0 Å². The van der Waals surface area contributed by atoms with Crippen molar-refractivity contribution in [3.8, 4) is 6.07 Å². The molecule has 0 saturated carbocycles. The maximum absolute atomic E-state index is 13.0. The molecule has 0 N–H and O–H groups in total. The van der Waals surface area contributed by atoms with Crippen LogP contribution in [0.15, 0.2) is 47.1 Å². The molecule has 6 nitrogen and oxygen atoms in total. The van der Waals surface area contributed by atoms with Crippen molar-refractivity contribution >= 4 is 17.5 Å². The molecular formula is C21H23N3O3. The Kier molecular flexibility index (Phi) is 5.92. The van der Waals surface area contributed by atoms with Crippen LogP contribution in [0.5, 0.6) is 0 Å². The molecule has 1 fully saturated rings. The molecule has 1 aliphatic rings. The lowest BCUT2D eigenvalue weighted by Crippen LogP contribution is -2.37. The average Bonchev–Trinajstić information content (AvgIpc) is 3.34. The number of carbonyl (C=O) groups is 2. The highest BCUT2D eigenvalue weighted by atomic mass is 16.3. The predicted molar refractivity (Wildman–Crippen MR) is 101 cm³/mol. The molecule has 1 saturated heterocycles. The van der Waals surface area contributed by atoms with Crippen LogP contribution in [-0.4, -0.2) is 29.8 Å². The predicted octanol–water partition coefficient (Wildman–Crippen LogP) is 3.14. The fourth-order valence-corrected chi connectivity index (χ4v) is 3.34. The molecule has 0 bridgehead atoms. The third-order valence-corrected chi connectivity index (χ3v) is 4.86. The molecule has 2 heterocycles. The summed E-state index contributed by atoms with van der Waals surface area (Å²) in [4.78, 5) is 28.8. The van der Waals surface area contributed by atoms with E-state index in [0.29, 0.717) is 25.4 Å². The minimum atomic E-state index is -0.406. The Balaban J connectivity index is 1.71. The number of amides is 2.